The van der Waals surface area contributed by atoms with E-state index < -0.39 is 0 Å². The summed E-state index contributed by atoms with van der Waals surface area (Å²) in [5.74, 6) is 0.953. The van der Waals surface area contributed by atoms with Crippen molar-refractivity contribution in [2.45, 2.75) is 19.9 Å². The van der Waals surface area contributed by atoms with Gasteiger partial charge in [0.05, 0.1) is 0 Å². The van der Waals surface area contributed by atoms with Crippen molar-refractivity contribution in [1.29, 1.82) is 0 Å². The van der Waals surface area contributed by atoms with Crippen LogP contribution in [-0.4, -0.2) is 39.5 Å². The maximum Gasteiger partial charge on any atom is 0.315 e. The van der Waals surface area contributed by atoms with Gasteiger partial charge in [-0.25, -0.2) is 9.78 Å². The minimum absolute atomic E-state index is 0.138. The normalized spacial score (nSPS) is 11.9. The molecule has 1 heterocycles. The monoisotopic (exact) mass is 303 g/mol. The Labute approximate surface area is 129 Å². The number of amides is 2. The average molecular weight is 303 g/mol. The van der Waals surface area contributed by atoms with Crippen LogP contribution in [0.3, 0.4) is 0 Å². The average Bonchev–Trinajstić information content (AvgIpc) is 3.06. The van der Waals surface area contributed by atoms with E-state index in [0.29, 0.717) is 25.3 Å². The van der Waals surface area contributed by atoms with Crippen molar-refractivity contribution in [3.63, 3.8) is 0 Å². The highest BCUT2D eigenvalue weighted by molar-refractivity contribution is 5.73. The molecule has 1 aromatic heterocycles. The predicted octanol–water partition coefficient (Wildman–Crippen LogP) is 1.29. The summed E-state index contributed by atoms with van der Waals surface area (Å²) in [6.45, 7) is 3.10. The second-order valence-electron chi connectivity index (χ2n) is 5.22. The number of hydrogen-bond donors (Lipinski definition) is 4. The van der Waals surface area contributed by atoms with Gasteiger partial charge >= 0.3 is 6.03 Å². The van der Waals surface area contributed by atoms with Crippen LogP contribution in [0.1, 0.15) is 18.9 Å². The topological polar surface area (TPSA) is 103 Å². The largest absolute Gasteiger partial charge is 0.396 e. The van der Waals surface area contributed by atoms with Crippen molar-refractivity contribution in [1.82, 2.24) is 25.8 Å². The molecule has 7 heteroatoms. The molecule has 2 aromatic rings. The van der Waals surface area contributed by atoms with Crippen LogP contribution < -0.4 is 10.6 Å². The van der Waals surface area contributed by atoms with Crippen molar-refractivity contribution in [3.8, 4) is 11.4 Å². The van der Waals surface area contributed by atoms with E-state index in [9.17, 15) is 4.79 Å². The fraction of sp³-hybridized carbons (Fsp3) is 0.400. The van der Waals surface area contributed by atoms with Crippen LogP contribution in [0.4, 0.5) is 4.79 Å². The van der Waals surface area contributed by atoms with Crippen LogP contribution in [0.15, 0.2) is 30.6 Å². The third kappa shape index (κ3) is 4.85. The van der Waals surface area contributed by atoms with Gasteiger partial charge in [-0.1, -0.05) is 25.1 Å². The van der Waals surface area contributed by atoms with Crippen LogP contribution in [0.5, 0.6) is 0 Å². The lowest BCUT2D eigenvalue weighted by Gasteiger charge is -2.12. The molecule has 0 bridgehead atoms. The summed E-state index contributed by atoms with van der Waals surface area (Å²) in [7, 11) is 0. The van der Waals surface area contributed by atoms with E-state index in [1.165, 1.54) is 6.33 Å². The lowest BCUT2D eigenvalue weighted by Crippen LogP contribution is -2.37. The second kappa shape index (κ2) is 8.14. The first-order chi connectivity index (χ1) is 10.7. The highest BCUT2D eigenvalue weighted by Crippen LogP contribution is 2.15. The third-order valence-corrected chi connectivity index (χ3v) is 3.30. The molecule has 22 heavy (non-hydrogen) atoms. The number of aliphatic hydroxyl groups excluding tert-OH is 1. The predicted molar refractivity (Wildman–Crippen MR) is 82.9 cm³/mol. The van der Waals surface area contributed by atoms with Gasteiger partial charge in [0.1, 0.15) is 6.33 Å². The third-order valence-electron chi connectivity index (χ3n) is 3.30. The van der Waals surface area contributed by atoms with E-state index in [0.717, 1.165) is 11.1 Å². The Hall–Kier alpha value is -2.41. The summed E-state index contributed by atoms with van der Waals surface area (Å²) >= 11 is 0. The molecule has 0 spiro atoms. The molecule has 1 aromatic carbocycles. The fourth-order valence-corrected chi connectivity index (χ4v) is 2.01. The zero-order valence-corrected chi connectivity index (χ0v) is 12.5. The molecule has 0 saturated heterocycles. The molecule has 0 aliphatic rings. The number of hydrogen-bond acceptors (Lipinski definition) is 4. The lowest BCUT2D eigenvalue weighted by atomic mass is 10.1. The smallest absolute Gasteiger partial charge is 0.315 e. The van der Waals surface area contributed by atoms with Crippen LogP contribution in [0, 0.1) is 5.92 Å². The van der Waals surface area contributed by atoms with Crippen molar-refractivity contribution in [2.24, 2.45) is 5.92 Å². The van der Waals surface area contributed by atoms with E-state index in [2.05, 4.69) is 25.8 Å². The van der Waals surface area contributed by atoms with E-state index in [1.54, 1.807) is 0 Å². The number of nitrogens with one attached hydrogen (secondary N) is 3. The number of rotatable bonds is 7. The SMILES string of the molecule is CC(CCO)CNC(=O)NCc1cccc(-c2ncn[nH]2)c1. The summed E-state index contributed by atoms with van der Waals surface area (Å²) in [5.41, 5.74) is 1.90. The van der Waals surface area contributed by atoms with Crippen molar-refractivity contribution >= 4 is 6.03 Å². The quantitative estimate of drug-likeness (QED) is 0.619. The Kier molecular flexibility index (Phi) is 5.91. The standard InChI is InChI=1S/C15H21N5O2/c1-11(5-6-21)8-16-15(22)17-9-12-3-2-4-13(7-12)14-18-10-19-20-14/h2-4,7,10-11,21H,5-6,8-9H2,1H3,(H2,16,17,22)(H,18,19,20). The van der Waals surface area contributed by atoms with E-state index in [1.807, 2.05) is 31.2 Å². The van der Waals surface area contributed by atoms with Gasteiger partial charge in [-0.05, 0) is 24.0 Å². The van der Waals surface area contributed by atoms with Crippen molar-refractivity contribution in [2.75, 3.05) is 13.2 Å². The molecule has 0 radical (unpaired) electrons. The number of aromatic amines is 1. The first kappa shape index (κ1) is 16.0. The molecule has 1 atom stereocenters. The van der Waals surface area contributed by atoms with Crippen LogP contribution in [0.25, 0.3) is 11.4 Å². The van der Waals surface area contributed by atoms with Crippen LogP contribution in [0.2, 0.25) is 0 Å². The minimum atomic E-state index is -0.213. The number of nitrogens with zero attached hydrogens (tertiary/aromatic N) is 2. The number of carbonyl (C=O) groups excluding carboxylic acids is 1. The number of aromatic nitrogens is 3. The maximum atomic E-state index is 11.7. The summed E-state index contributed by atoms with van der Waals surface area (Å²) in [4.78, 5) is 15.8. The zero-order chi connectivity index (χ0) is 15.8. The first-order valence-electron chi connectivity index (χ1n) is 7.26. The van der Waals surface area contributed by atoms with Gasteiger partial charge in [0.15, 0.2) is 5.82 Å². The van der Waals surface area contributed by atoms with Crippen LogP contribution in [-0.2, 0) is 6.54 Å². The number of H-pyrrole nitrogens is 1. The summed E-state index contributed by atoms with van der Waals surface area (Å²) < 4.78 is 0. The fourth-order valence-electron chi connectivity index (χ4n) is 2.01. The molecular weight excluding hydrogens is 282 g/mol. The van der Waals surface area contributed by atoms with Crippen LogP contribution >= 0.6 is 0 Å². The Morgan fingerprint density at radius 2 is 2.27 bits per heavy atom. The van der Waals surface area contributed by atoms with Crippen molar-refractivity contribution < 1.29 is 9.90 Å². The molecule has 0 saturated carbocycles. The highest BCUT2D eigenvalue weighted by Gasteiger charge is 2.06. The molecule has 2 amide bonds. The Morgan fingerprint density at radius 3 is 3.00 bits per heavy atom. The van der Waals surface area contributed by atoms with Gasteiger partial charge in [0.2, 0.25) is 0 Å². The summed E-state index contributed by atoms with van der Waals surface area (Å²) in [6.07, 6.45) is 2.14. The Balaban J connectivity index is 1.82. The molecule has 0 aliphatic carbocycles. The number of benzene rings is 1. The maximum absolute atomic E-state index is 11.7. The lowest BCUT2D eigenvalue weighted by molar-refractivity contribution is 0.233. The Bertz CT molecular complexity index is 585. The van der Waals surface area contributed by atoms with E-state index >= 15 is 0 Å². The van der Waals surface area contributed by atoms with Crippen molar-refractivity contribution in [3.05, 3.63) is 36.2 Å². The molecule has 1 unspecified atom stereocenters. The summed E-state index contributed by atoms with van der Waals surface area (Å²) in [5, 5.41) is 21.1. The molecule has 0 aliphatic heterocycles. The second-order valence-corrected chi connectivity index (χ2v) is 5.22. The van der Waals surface area contributed by atoms with E-state index in [-0.39, 0.29) is 18.6 Å². The Morgan fingerprint density at radius 1 is 1.41 bits per heavy atom. The number of aliphatic hydroxyl groups is 1. The van der Waals surface area contributed by atoms with Gasteiger partial charge in [0.25, 0.3) is 0 Å². The molecular formula is C15H21N5O2. The minimum Gasteiger partial charge on any atom is -0.396 e. The van der Waals surface area contributed by atoms with Gasteiger partial charge in [0, 0.05) is 25.3 Å². The first-order valence-corrected chi connectivity index (χ1v) is 7.26. The molecule has 2 rings (SSSR count). The van der Waals surface area contributed by atoms with E-state index in [4.69, 9.17) is 5.11 Å². The van der Waals surface area contributed by atoms with Gasteiger partial charge < -0.3 is 15.7 Å². The number of carbonyl (C=O) groups is 1. The number of urea groups is 1. The molecule has 118 valence electrons. The zero-order valence-electron chi connectivity index (χ0n) is 12.5. The highest BCUT2D eigenvalue weighted by atomic mass is 16.3. The summed E-state index contributed by atoms with van der Waals surface area (Å²) in [6, 6.07) is 7.52. The van der Waals surface area contributed by atoms with Gasteiger partial charge in [-0.3, -0.25) is 5.10 Å². The van der Waals surface area contributed by atoms with Gasteiger partial charge in [-0.2, -0.15) is 5.10 Å². The molecule has 4 N–H and O–H groups in total. The molecule has 0 fully saturated rings. The molecule has 7 nitrogen and oxygen atoms in total. The van der Waals surface area contributed by atoms with Gasteiger partial charge in [-0.15, -0.1) is 0 Å².